The number of thioether (sulfide) groups is 1. The van der Waals surface area contributed by atoms with Gasteiger partial charge in [-0.1, -0.05) is 19.3 Å². The largest absolute Gasteiger partial charge is 0.312 e. The summed E-state index contributed by atoms with van der Waals surface area (Å²) >= 11 is 2.13. The lowest BCUT2D eigenvalue weighted by Gasteiger charge is -2.33. The zero-order valence-electron chi connectivity index (χ0n) is 7.72. The van der Waals surface area contributed by atoms with Gasteiger partial charge in [0.15, 0.2) is 0 Å². The summed E-state index contributed by atoms with van der Waals surface area (Å²) in [6.45, 7) is 1.24. The molecule has 1 nitrogen and oxygen atoms in total. The molecular formula is C10H19NS. The van der Waals surface area contributed by atoms with Crippen molar-refractivity contribution in [2.75, 3.05) is 18.1 Å². The molecule has 1 saturated carbocycles. The van der Waals surface area contributed by atoms with E-state index in [2.05, 4.69) is 17.1 Å². The van der Waals surface area contributed by atoms with Crippen LogP contribution in [0.1, 0.15) is 32.1 Å². The molecular weight excluding hydrogens is 166 g/mol. The third-order valence-electron chi connectivity index (χ3n) is 3.17. The Morgan fingerprint density at radius 3 is 2.58 bits per heavy atom. The van der Waals surface area contributed by atoms with Crippen LogP contribution in [0, 0.1) is 5.92 Å². The normalized spacial score (nSPS) is 33.5. The maximum Gasteiger partial charge on any atom is 0.0186 e. The van der Waals surface area contributed by atoms with Crippen molar-refractivity contribution in [3.05, 3.63) is 0 Å². The summed E-state index contributed by atoms with van der Waals surface area (Å²) in [5.74, 6) is 3.69. The summed E-state index contributed by atoms with van der Waals surface area (Å²) in [5.41, 5.74) is 0. The summed E-state index contributed by atoms with van der Waals surface area (Å²) in [5, 5.41) is 3.67. The second kappa shape index (κ2) is 4.52. The molecule has 12 heavy (non-hydrogen) atoms. The van der Waals surface area contributed by atoms with Crippen LogP contribution in [0.3, 0.4) is 0 Å². The van der Waals surface area contributed by atoms with Crippen molar-refractivity contribution in [1.82, 2.24) is 5.32 Å². The molecule has 1 aliphatic heterocycles. The Labute approximate surface area is 79.7 Å². The summed E-state index contributed by atoms with van der Waals surface area (Å²) in [6, 6.07) is 0.851. The molecule has 1 atom stereocenters. The first-order valence-corrected chi connectivity index (χ1v) is 6.43. The van der Waals surface area contributed by atoms with Crippen LogP contribution in [0.15, 0.2) is 0 Å². The molecule has 0 aromatic rings. The van der Waals surface area contributed by atoms with Crippen molar-refractivity contribution in [3.63, 3.8) is 0 Å². The molecule has 1 saturated heterocycles. The van der Waals surface area contributed by atoms with Crippen LogP contribution < -0.4 is 5.32 Å². The van der Waals surface area contributed by atoms with E-state index in [-0.39, 0.29) is 0 Å². The molecule has 1 unspecified atom stereocenters. The summed E-state index contributed by atoms with van der Waals surface area (Å²) in [7, 11) is 0. The van der Waals surface area contributed by atoms with Gasteiger partial charge in [-0.15, -0.1) is 0 Å². The Kier molecular flexibility index (Phi) is 3.35. The molecule has 2 aliphatic rings. The van der Waals surface area contributed by atoms with Gasteiger partial charge in [0, 0.05) is 24.1 Å². The van der Waals surface area contributed by atoms with Crippen molar-refractivity contribution in [2.24, 2.45) is 5.92 Å². The van der Waals surface area contributed by atoms with E-state index in [4.69, 9.17) is 0 Å². The van der Waals surface area contributed by atoms with Gasteiger partial charge in [0.2, 0.25) is 0 Å². The fourth-order valence-corrected chi connectivity index (χ4v) is 3.50. The molecule has 0 amide bonds. The Hall–Kier alpha value is 0.310. The highest BCUT2D eigenvalue weighted by Gasteiger charge is 2.24. The van der Waals surface area contributed by atoms with Gasteiger partial charge in [0.1, 0.15) is 0 Å². The van der Waals surface area contributed by atoms with E-state index >= 15 is 0 Å². The van der Waals surface area contributed by atoms with Gasteiger partial charge in [-0.3, -0.25) is 0 Å². The SMILES string of the molecule is C1CCC(C2CSCCN2)CC1. The molecule has 1 N–H and O–H groups in total. The Balaban J connectivity index is 1.80. The summed E-state index contributed by atoms with van der Waals surface area (Å²) in [4.78, 5) is 0. The van der Waals surface area contributed by atoms with E-state index in [9.17, 15) is 0 Å². The zero-order valence-corrected chi connectivity index (χ0v) is 8.54. The molecule has 70 valence electrons. The van der Waals surface area contributed by atoms with Crippen molar-refractivity contribution >= 4 is 11.8 Å². The Morgan fingerprint density at radius 1 is 1.08 bits per heavy atom. The fourth-order valence-electron chi connectivity index (χ4n) is 2.43. The average Bonchev–Trinajstić information content (AvgIpc) is 2.21. The smallest absolute Gasteiger partial charge is 0.0186 e. The highest BCUT2D eigenvalue weighted by molar-refractivity contribution is 7.99. The minimum atomic E-state index is 0.851. The first kappa shape index (κ1) is 8.89. The molecule has 0 bridgehead atoms. The van der Waals surface area contributed by atoms with Gasteiger partial charge in [0.05, 0.1) is 0 Å². The van der Waals surface area contributed by atoms with Gasteiger partial charge in [-0.2, -0.15) is 11.8 Å². The molecule has 2 fully saturated rings. The monoisotopic (exact) mass is 185 g/mol. The predicted octanol–water partition coefficient (Wildman–Crippen LogP) is 2.27. The topological polar surface area (TPSA) is 12.0 Å². The minimum absolute atomic E-state index is 0.851. The second-order valence-corrected chi connectivity index (χ2v) is 5.18. The van der Waals surface area contributed by atoms with Crippen LogP contribution in [-0.4, -0.2) is 24.1 Å². The highest BCUT2D eigenvalue weighted by Crippen LogP contribution is 2.28. The third-order valence-corrected chi connectivity index (χ3v) is 4.26. The first-order chi connectivity index (χ1) is 5.97. The minimum Gasteiger partial charge on any atom is -0.312 e. The summed E-state index contributed by atoms with van der Waals surface area (Å²) < 4.78 is 0. The van der Waals surface area contributed by atoms with Crippen LogP contribution >= 0.6 is 11.8 Å². The molecule has 2 heteroatoms. The van der Waals surface area contributed by atoms with Crippen LogP contribution in [0.2, 0.25) is 0 Å². The zero-order chi connectivity index (χ0) is 8.23. The van der Waals surface area contributed by atoms with Gasteiger partial charge >= 0.3 is 0 Å². The highest BCUT2D eigenvalue weighted by atomic mass is 32.2. The van der Waals surface area contributed by atoms with Crippen molar-refractivity contribution < 1.29 is 0 Å². The average molecular weight is 185 g/mol. The molecule has 0 aromatic heterocycles. The molecule has 1 aliphatic carbocycles. The van der Waals surface area contributed by atoms with E-state index in [0.717, 1.165) is 12.0 Å². The van der Waals surface area contributed by atoms with Crippen molar-refractivity contribution in [2.45, 2.75) is 38.1 Å². The summed E-state index contributed by atoms with van der Waals surface area (Å²) in [6.07, 6.45) is 7.41. The molecule has 0 spiro atoms. The lowest BCUT2D eigenvalue weighted by Crippen LogP contribution is -2.43. The number of nitrogens with one attached hydrogen (secondary N) is 1. The first-order valence-electron chi connectivity index (χ1n) is 5.28. The molecule has 0 radical (unpaired) electrons. The van der Waals surface area contributed by atoms with E-state index in [1.807, 2.05) is 0 Å². The van der Waals surface area contributed by atoms with Gasteiger partial charge in [0.25, 0.3) is 0 Å². The van der Waals surface area contributed by atoms with E-state index < -0.39 is 0 Å². The van der Waals surface area contributed by atoms with Crippen molar-refractivity contribution in [3.8, 4) is 0 Å². The molecule has 0 aromatic carbocycles. The Bertz CT molecular complexity index is 110. The van der Waals surface area contributed by atoms with E-state index in [1.54, 1.807) is 0 Å². The van der Waals surface area contributed by atoms with Gasteiger partial charge < -0.3 is 5.32 Å². The lowest BCUT2D eigenvalue weighted by atomic mass is 9.84. The standard InChI is InChI=1S/C10H19NS/c1-2-4-9(5-3-1)10-8-12-7-6-11-10/h9-11H,1-8H2. The molecule has 2 rings (SSSR count). The number of rotatable bonds is 1. The van der Waals surface area contributed by atoms with Gasteiger partial charge in [-0.05, 0) is 18.8 Å². The third kappa shape index (κ3) is 2.17. The van der Waals surface area contributed by atoms with E-state index in [1.165, 1.54) is 50.2 Å². The van der Waals surface area contributed by atoms with Crippen LogP contribution in [0.4, 0.5) is 0 Å². The number of hydrogen-bond acceptors (Lipinski definition) is 2. The predicted molar refractivity (Wildman–Crippen MR) is 55.7 cm³/mol. The van der Waals surface area contributed by atoms with Crippen LogP contribution in [0.5, 0.6) is 0 Å². The van der Waals surface area contributed by atoms with Crippen LogP contribution in [-0.2, 0) is 0 Å². The fraction of sp³-hybridized carbons (Fsp3) is 1.00. The number of hydrogen-bond donors (Lipinski definition) is 1. The van der Waals surface area contributed by atoms with E-state index in [0.29, 0.717) is 0 Å². The molecule has 1 heterocycles. The maximum atomic E-state index is 3.67. The lowest BCUT2D eigenvalue weighted by molar-refractivity contribution is 0.285. The second-order valence-electron chi connectivity index (χ2n) is 4.03. The maximum absolute atomic E-state index is 3.67. The quantitative estimate of drug-likeness (QED) is 0.672. The van der Waals surface area contributed by atoms with Crippen LogP contribution in [0.25, 0.3) is 0 Å². The van der Waals surface area contributed by atoms with Gasteiger partial charge in [-0.25, -0.2) is 0 Å². The van der Waals surface area contributed by atoms with Crippen molar-refractivity contribution in [1.29, 1.82) is 0 Å². The Morgan fingerprint density at radius 2 is 1.92 bits per heavy atom.